The molecule has 1 fully saturated rings. The van der Waals surface area contributed by atoms with Crippen LogP contribution in [0.5, 0.6) is 0 Å². The smallest absolute Gasteiger partial charge is 0.321 e. The number of halogens is 1. The normalized spacial score (nSPS) is 15.6. The molecular weight excluding hydrogens is 352 g/mol. The predicted octanol–water partition coefficient (Wildman–Crippen LogP) is 3.02. The summed E-state index contributed by atoms with van der Waals surface area (Å²) in [6, 6.07) is 5.51. The van der Waals surface area contributed by atoms with Crippen LogP contribution < -0.4 is 0 Å². The molecule has 0 radical (unpaired) electrons. The van der Waals surface area contributed by atoms with Crippen molar-refractivity contribution < 1.29 is 19.7 Å². The average molecular weight is 372 g/mol. The highest BCUT2D eigenvalue weighted by Gasteiger charge is 2.33. The summed E-state index contributed by atoms with van der Waals surface area (Å²) >= 11 is 3.38. The van der Waals surface area contributed by atoms with Crippen LogP contribution in [-0.4, -0.2) is 40.7 Å². The lowest BCUT2D eigenvalue weighted by Crippen LogP contribution is -2.34. The Bertz CT molecular complexity index is 575. The second kappa shape index (κ2) is 7.19. The lowest BCUT2D eigenvalue weighted by Gasteiger charge is -2.24. The van der Waals surface area contributed by atoms with Gasteiger partial charge in [0.25, 0.3) is 4.92 Å². The fourth-order valence-electron chi connectivity index (χ4n) is 2.50. The van der Waals surface area contributed by atoms with Crippen molar-refractivity contribution in [2.24, 2.45) is 5.92 Å². The molecule has 1 aromatic rings. The fourth-order valence-corrected chi connectivity index (χ4v) is 2.90. The molecule has 1 N–H and O–H groups in total. The Morgan fingerprint density at radius 3 is 2.77 bits per heavy atom. The first kappa shape index (κ1) is 16.9. The van der Waals surface area contributed by atoms with E-state index in [1.807, 2.05) is 13.0 Å². The highest BCUT2D eigenvalue weighted by Crippen LogP contribution is 2.32. The van der Waals surface area contributed by atoms with Crippen LogP contribution >= 0.6 is 15.9 Å². The molecule has 0 heterocycles. The Kier molecular flexibility index (Phi) is 5.52. The van der Waals surface area contributed by atoms with Crippen LogP contribution in [0, 0.1) is 10.8 Å². The molecule has 120 valence electrons. The Labute approximate surface area is 137 Å². The number of ether oxygens (including phenoxy) is 1. The van der Waals surface area contributed by atoms with E-state index < -0.39 is 0 Å². The van der Waals surface area contributed by atoms with Crippen LogP contribution in [0.15, 0.2) is 22.7 Å². The fraction of sp³-hybridized carbons (Fsp3) is 0.533. The van der Waals surface area contributed by atoms with Gasteiger partial charge in [-0.25, -0.2) is 5.21 Å². The monoisotopic (exact) mass is 371 g/mol. The van der Waals surface area contributed by atoms with Crippen molar-refractivity contribution >= 4 is 27.6 Å². The molecule has 1 aliphatic carbocycles. The molecule has 1 aromatic carbocycles. The van der Waals surface area contributed by atoms with E-state index in [-0.39, 0.29) is 22.5 Å². The minimum Gasteiger partial charge on any atom is -0.469 e. The van der Waals surface area contributed by atoms with Gasteiger partial charge < -0.3 is 4.74 Å². The first-order valence-corrected chi connectivity index (χ1v) is 7.98. The van der Waals surface area contributed by atoms with Gasteiger partial charge in [0.15, 0.2) is 0 Å². The van der Waals surface area contributed by atoms with E-state index in [9.17, 15) is 14.9 Å². The predicted molar refractivity (Wildman–Crippen MR) is 83.8 cm³/mol. The summed E-state index contributed by atoms with van der Waals surface area (Å²) in [4.78, 5) is 25.0. The summed E-state index contributed by atoms with van der Waals surface area (Å²) in [6.45, 7) is 2.89. The zero-order chi connectivity index (χ0) is 16.3. The van der Waals surface area contributed by atoms with Crippen molar-refractivity contribution in [3.05, 3.63) is 33.1 Å². The topological polar surface area (TPSA) is 69.8 Å². The van der Waals surface area contributed by atoms with E-state index in [0.717, 1.165) is 22.9 Å². The molecule has 0 aromatic heterocycles. The van der Waals surface area contributed by atoms with E-state index >= 15 is 0 Å². The molecule has 0 aliphatic heterocycles. The summed E-state index contributed by atoms with van der Waals surface area (Å²) in [6.07, 6.45) is 2.16. The number of carbonyl (C=O) groups is 1. The molecule has 6 nitrogen and oxygen atoms in total. The maximum Gasteiger partial charge on any atom is 0.321 e. The van der Waals surface area contributed by atoms with Crippen molar-refractivity contribution in [2.45, 2.75) is 32.4 Å². The quantitative estimate of drug-likeness (QED) is 0.589. The number of hydrogen-bond acceptors (Lipinski definition) is 4. The standard InChI is InChI=1S/C15H20BrN2O4/c1-10(15(19)22-2)8-17(13-4-5-13)9-11-7-12(16)3-6-14(11)18(20)21/h3,6-7,10,13H,4-5,8-9H2,1-2H3,(H,20,21)/q+1. The number of hydrogen-bond donors (Lipinski definition) is 1. The largest absolute Gasteiger partial charge is 0.469 e. The molecule has 0 amide bonds. The van der Waals surface area contributed by atoms with Crippen molar-refractivity contribution in [3.63, 3.8) is 0 Å². The molecule has 1 saturated carbocycles. The minimum atomic E-state index is -0.243. The van der Waals surface area contributed by atoms with Gasteiger partial charge in [0.1, 0.15) is 0 Å². The zero-order valence-corrected chi connectivity index (χ0v) is 14.2. The molecule has 2 rings (SSSR count). The molecule has 1 aliphatic rings. The SMILES string of the molecule is COC(=O)C(C)CN(Cc1cc(Br)ccc1[N+](=O)O)C1CC1. The Morgan fingerprint density at radius 1 is 1.55 bits per heavy atom. The summed E-state index contributed by atoms with van der Waals surface area (Å²) < 4.78 is 5.61. The number of carbonyl (C=O) groups excluding carboxylic acids is 1. The second-order valence-corrected chi connectivity index (χ2v) is 6.55. The van der Waals surface area contributed by atoms with Gasteiger partial charge in [0.05, 0.1) is 17.9 Å². The molecule has 1 unspecified atom stereocenters. The van der Waals surface area contributed by atoms with Gasteiger partial charge in [0, 0.05) is 35.2 Å². The zero-order valence-electron chi connectivity index (χ0n) is 12.7. The first-order valence-electron chi connectivity index (χ1n) is 7.18. The molecule has 7 heteroatoms. The van der Waals surface area contributed by atoms with Crippen molar-refractivity contribution in [2.75, 3.05) is 13.7 Å². The Hall–Kier alpha value is -1.47. The van der Waals surface area contributed by atoms with Gasteiger partial charge >= 0.3 is 11.7 Å². The highest BCUT2D eigenvalue weighted by molar-refractivity contribution is 9.10. The van der Waals surface area contributed by atoms with E-state index in [1.54, 1.807) is 12.1 Å². The summed E-state index contributed by atoms with van der Waals surface area (Å²) in [7, 11) is 1.38. The van der Waals surface area contributed by atoms with Crippen LogP contribution in [-0.2, 0) is 16.1 Å². The lowest BCUT2D eigenvalue weighted by molar-refractivity contribution is -0.730. The number of esters is 1. The Balaban J connectivity index is 2.16. The van der Waals surface area contributed by atoms with E-state index in [0.29, 0.717) is 19.1 Å². The van der Waals surface area contributed by atoms with Crippen molar-refractivity contribution in [1.82, 2.24) is 4.90 Å². The van der Waals surface area contributed by atoms with Crippen molar-refractivity contribution in [3.8, 4) is 0 Å². The average Bonchev–Trinajstić information content (AvgIpc) is 3.29. The van der Waals surface area contributed by atoms with E-state index in [1.165, 1.54) is 7.11 Å². The first-order chi connectivity index (χ1) is 10.4. The summed E-state index contributed by atoms with van der Waals surface area (Å²) in [5.74, 6) is -0.480. The maximum absolute atomic E-state index is 11.6. The van der Waals surface area contributed by atoms with Crippen LogP contribution in [0.2, 0.25) is 0 Å². The lowest BCUT2D eigenvalue weighted by atomic mass is 10.1. The van der Waals surface area contributed by atoms with Crippen LogP contribution in [0.4, 0.5) is 5.69 Å². The van der Waals surface area contributed by atoms with Gasteiger partial charge in [-0.05, 0) is 25.0 Å². The molecule has 22 heavy (non-hydrogen) atoms. The molecular formula is C15H20BrN2O4+. The van der Waals surface area contributed by atoms with Crippen molar-refractivity contribution in [1.29, 1.82) is 0 Å². The van der Waals surface area contributed by atoms with Gasteiger partial charge in [-0.3, -0.25) is 9.69 Å². The highest BCUT2D eigenvalue weighted by atomic mass is 79.9. The van der Waals surface area contributed by atoms with Gasteiger partial charge in [-0.2, -0.15) is 0 Å². The van der Waals surface area contributed by atoms with E-state index in [2.05, 4.69) is 20.8 Å². The number of methoxy groups -OCH3 is 1. The van der Waals surface area contributed by atoms with Crippen LogP contribution in [0.3, 0.4) is 0 Å². The minimum absolute atomic E-state index is 0.114. The molecule has 0 saturated heterocycles. The maximum atomic E-state index is 11.6. The van der Waals surface area contributed by atoms with Crippen LogP contribution in [0.25, 0.3) is 0 Å². The molecule has 0 spiro atoms. The third-order valence-corrected chi connectivity index (χ3v) is 4.29. The Morgan fingerprint density at radius 2 is 2.23 bits per heavy atom. The summed E-state index contributed by atoms with van der Waals surface area (Å²) in [5, 5.41) is 9.24. The summed E-state index contributed by atoms with van der Waals surface area (Å²) in [5.41, 5.74) is 0.940. The third kappa shape index (κ3) is 4.27. The molecule has 0 bridgehead atoms. The number of benzene rings is 1. The number of nitrogens with zero attached hydrogens (tertiary/aromatic N) is 2. The number of rotatable bonds is 7. The van der Waals surface area contributed by atoms with Gasteiger partial charge in [0.2, 0.25) is 0 Å². The second-order valence-electron chi connectivity index (χ2n) is 5.63. The van der Waals surface area contributed by atoms with Gasteiger partial charge in [-0.15, -0.1) is 0 Å². The molecule has 1 atom stereocenters. The third-order valence-electron chi connectivity index (χ3n) is 3.80. The van der Waals surface area contributed by atoms with Gasteiger partial charge in [-0.1, -0.05) is 22.9 Å². The van der Waals surface area contributed by atoms with E-state index in [4.69, 9.17) is 4.74 Å². The van der Waals surface area contributed by atoms with Crippen LogP contribution in [0.1, 0.15) is 25.3 Å².